The maximum Gasteiger partial charge on any atom is 0.278 e. The van der Waals surface area contributed by atoms with E-state index in [2.05, 4.69) is 10.4 Å². The lowest BCUT2D eigenvalue weighted by Gasteiger charge is -2.07. The van der Waals surface area contributed by atoms with Crippen molar-refractivity contribution in [1.29, 1.82) is 0 Å². The van der Waals surface area contributed by atoms with Crippen molar-refractivity contribution in [1.82, 2.24) is 4.98 Å². The average Bonchev–Trinajstić information content (AvgIpc) is 2.42. The Hall–Kier alpha value is -1.97. The minimum Gasteiger partial charge on any atom is -0.475 e. The molecule has 0 saturated carbocycles. The van der Waals surface area contributed by atoms with Crippen LogP contribution in [0.5, 0.6) is 5.88 Å². The summed E-state index contributed by atoms with van der Waals surface area (Å²) in [5, 5.41) is 10.7. The Morgan fingerprint density at radius 2 is 2.11 bits per heavy atom. The van der Waals surface area contributed by atoms with Crippen LogP contribution in [0.3, 0.4) is 0 Å². The highest BCUT2D eigenvalue weighted by molar-refractivity contribution is 5.47. The first kappa shape index (κ1) is 15.1. The van der Waals surface area contributed by atoms with Gasteiger partial charge in [-0.2, -0.15) is 4.98 Å². The highest BCUT2D eigenvalue weighted by atomic mass is 16.6. The first-order chi connectivity index (χ1) is 9.17. The van der Waals surface area contributed by atoms with E-state index in [0.29, 0.717) is 19.8 Å². The number of aromatic nitrogens is 1. The van der Waals surface area contributed by atoms with Gasteiger partial charge in [-0.05, 0) is 0 Å². The lowest BCUT2D eigenvalue weighted by molar-refractivity contribution is -0.384. The van der Waals surface area contributed by atoms with Gasteiger partial charge in [0.1, 0.15) is 6.61 Å². The van der Waals surface area contributed by atoms with E-state index in [9.17, 15) is 10.1 Å². The van der Waals surface area contributed by atoms with E-state index in [0.717, 1.165) is 0 Å². The van der Waals surface area contributed by atoms with Crippen LogP contribution < -0.4 is 16.0 Å². The Labute approximate surface area is 109 Å². The zero-order valence-electron chi connectivity index (χ0n) is 10.5. The van der Waals surface area contributed by atoms with Crippen LogP contribution >= 0.6 is 0 Å². The normalized spacial score (nSPS) is 10.2. The largest absolute Gasteiger partial charge is 0.475 e. The molecule has 0 amide bonds. The van der Waals surface area contributed by atoms with Crippen molar-refractivity contribution in [3.8, 4) is 5.88 Å². The molecule has 0 aliphatic heterocycles. The molecule has 0 saturated heterocycles. The zero-order valence-corrected chi connectivity index (χ0v) is 10.5. The summed E-state index contributed by atoms with van der Waals surface area (Å²) in [6.45, 7) is 1.51. The Balaban J connectivity index is 2.48. The molecule has 0 spiro atoms. The van der Waals surface area contributed by atoms with Gasteiger partial charge in [-0.15, -0.1) is 0 Å². The van der Waals surface area contributed by atoms with Crippen LogP contribution in [0.25, 0.3) is 0 Å². The molecule has 1 heterocycles. The molecule has 3 N–H and O–H groups in total. The third kappa shape index (κ3) is 5.46. The molecule has 0 unspecified atom stereocenters. The Morgan fingerprint density at radius 3 is 2.74 bits per heavy atom. The molecule has 19 heavy (non-hydrogen) atoms. The van der Waals surface area contributed by atoms with Gasteiger partial charge in [0.05, 0.1) is 36.9 Å². The van der Waals surface area contributed by atoms with Gasteiger partial charge in [-0.1, -0.05) is 0 Å². The number of nitrogen functional groups attached to an aromatic ring is 1. The number of nitro groups is 1. The predicted octanol–water partition coefficient (Wildman–Crippen LogP) is 0.317. The van der Waals surface area contributed by atoms with Gasteiger partial charge in [0.25, 0.3) is 5.69 Å². The maximum absolute atomic E-state index is 10.7. The van der Waals surface area contributed by atoms with Crippen LogP contribution in [0, 0.1) is 10.1 Å². The quantitative estimate of drug-likeness (QED) is 0.285. The number of methoxy groups -OCH3 is 1. The van der Waals surface area contributed by atoms with E-state index < -0.39 is 4.92 Å². The summed E-state index contributed by atoms with van der Waals surface area (Å²) in [7, 11) is 1.58. The fourth-order valence-corrected chi connectivity index (χ4v) is 1.19. The summed E-state index contributed by atoms with van der Waals surface area (Å²) < 4.78 is 15.2. The summed E-state index contributed by atoms with van der Waals surface area (Å²) in [5.74, 6) is 5.43. The Kier molecular flexibility index (Phi) is 6.50. The summed E-state index contributed by atoms with van der Waals surface area (Å²) in [6.07, 6.45) is 0. The number of hydrogen-bond acceptors (Lipinski definition) is 8. The Bertz CT molecular complexity index is 415. The minimum atomic E-state index is -0.551. The molecule has 9 heteroatoms. The molecule has 0 bridgehead atoms. The first-order valence-corrected chi connectivity index (χ1v) is 5.50. The number of nitrogens with zero attached hydrogens (tertiary/aromatic N) is 2. The van der Waals surface area contributed by atoms with Gasteiger partial charge in [0.2, 0.25) is 5.88 Å². The summed E-state index contributed by atoms with van der Waals surface area (Å²) in [4.78, 5) is 14.1. The fourth-order valence-electron chi connectivity index (χ4n) is 1.19. The number of nitrogens with one attached hydrogen (secondary N) is 1. The summed E-state index contributed by atoms with van der Waals surface area (Å²) in [5.41, 5.74) is 2.08. The molecule has 0 aliphatic carbocycles. The minimum absolute atomic E-state index is 0.109. The standard InChI is InChI=1S/C10H16N4O5/c1-17-2-3-18-4-5-19-10-7-8(14(15)16)6-9(12-10)13-11/h6-7H,2-5,11H2,1H3,(H,12,13). The van der Waals surface area contributed by atoms with Crippen molar-refractivity contribution in [2.45, 2.75) is 0 Å². The van der Waals surface area contributed by atoms with E-state index in [1.165, 1.54) is 12.1 Å². The van der Waals surface area contributed by atoms with E-state index in [-0.39, 0.29) is 24.0 Å². The van der Waals surface area contributed by atoms with Gasteiger partial charge < -0.3 is 19.6 Å². The number of hydrazine groups is 1. The van der Waals surface area contributed by atoms with Crippen molar-refractivity contribution < 1.29 is 19.1 Å². The lowest BCUT2D eigenvalue weighted by atomic mass is 10.4. The molecule has 0 aromatic carbocycles. The summed E-state index contributed by atoms with van der Waals surface area (Å²) in [6, 6.07) is 2.43. The van der Waals surface area contributed by atoms with Crippen LogP contribution in [0.4, 0.5) is 11.5 Å². The molecule has 0 fully saturated rings. The van der Waals surface area contributed by atoms with Crippen molar-refractivity contribution in [3.05, 3.63) is 22.2 Å². The topological polar surface area (TPSA) is 122 Å². The third-order valence-corrected chi connectivity index (χ3v) is 2.05. The number of rotatable bonds is 9. The molecule has 0 aliphatic rings. The molecular formula is C10H16N4O5. The molecule has 106 valence electrons. The predicted molar refractivity (Wildman–Crippen MR) is 66.9 cm³/mol. The van der Waals surface area contributed by atoms with Crippen molar-refractivity contribution in [2.24, 2.45) is 5.84 Å². The smallest absolute Gasteiger partial charge is 0.278 e. The monoisotopic (exact) mass is 272 g/mol. The van der Waals surface area contributed by atoms with Gasteiger partial charge in [-0.3, -0.25) is 10.1 Å². The molecule has 0 atom stereocenters. The fraction of sp³-hybridized carbons (Fsp3) is 0.500. The van der Waals surface area contributed by atoms with E-state index >= 15 is 0 Å². The van der Waals surface area contributed by atoms with Crippen LogP contribution in [-0.2, 0) is 9.47 Å². The van der Waals surface area contributed by atoms with Crippen LogP contribution in [0.1, 0.15) is 0 Å². The number of pyridine rings is 1. The highest BCUT2D eigenvalue weighted by Gasteiger charge is 2.11. The van der Waals surface area contributed by atoms with E-state index in [4.69, 9.17) is 20.1 Å². The second kappa shape index (κ2) is 8.19. The lowest BCUT2D eigenvalue weighted by Crippen LogP contribution is -2.12. The number of nitrogens with two attached hydrogens (primary N) is 1. The van der Waals surface area contributed by atoms with Gasteiger partial charge >= 0.3 is 0 Å². The first-order valence-electron chi connectivity index (χ1n) is 5.50. The molecule has 9 nitrogen and oxygen atoms in total. The average molecular weight is 272 g/mol. The van der Waals surface area contributed by atoms with Crippen molar-refractivity contribution in [2.75, 3.05) is 39.0 Å². The number of hydrogen-bond donors (Lipinski definition) is 2. The number of ether oxygens (including phenoxy) is 3. The molecule has 1 aromatic rings. The second-order valence-electron chi connectivity index (χ2n) is 3.40. The van der Waals surface area contributed by atoms with Crippen molar-refractivity contribution >= 4 is 11.5 Å². The van der Waals surface area contributed by atoms with E-state index in [1.807, 2.05) is 0 Å². The van der Waals surface area contributed by atoms with E-state index in [1.54, 1.807) is 7.11 Å². The van der Waals surface area contributed by atoms with Gasteiger partial charge in [0, 0.05) is 7.11 Å². The number of anilines is 1. The molecule has 1 rings (SSSR count). The van der Waals surface area contributed by atoms with Gasteiger partial charge in [0.15, 0.2) is 5.82 Å². The molecular weight excluding hydrogens is 256 g/mol. The molecule has 0 radical (unpaired) electrons. The van der Waals surface area contributed by atoms with Crippen molar-refractivity contribution in [3.63, 3.8) is 0 Å². The maximum atomic E-state index is 10.7. The van der Waals surface area contributed by atoms with Gasteiger partial charge in [-0.25, -0.2) is 5.84 Å². The SMILES string of the molecule is COCCOCCOc1cc([N+](=O)[O-])cc(NN)n1. The van der Waals surface area contributed by atoms with Crippen LogP contribution in [-0.4, -0.2) is 43.4 Å². The second-order valence-corrected chi connectivity index (χ2v) is 3.40. The van der Waals surface area contributed by atoms with Crippen LogP contribution in [0.15, 0.2) is 12.1 Å². The van der Waals surface area contributed by atoms with Crippen LogP contribution in [0.2, 0.25) is 0 Å². The zero-order chi connectivity index (χ0) is 14.1. The third-order valence-electron chi connectivity index (χ3n) is 2.05. The summed E-state index contributed by atoms with van der Waals surface area (Å²) >= 11 is 0. The Morgan fingerprint density at radius 1 is 1.37 bits per heavy atom. The molecule has 1 aromatic heterocycles. The highest BCUT2D eigenvalue weighted by Crippen LogP contribution is 2.21.